The van der Waals surface area contributed by atoms with Gasteiger partial charge in [0.15, 0.2) is 0 Å². The Morgan fingerprint density at radius 2 is 1.95 bits per heavy atom. The number of hydrogen-bond donors (Lipinski definition) is 1. The first-order valence-electron chi connectivity index (χ1n) is 7.53. The third-order valence-corrected chi connectivity index (χ3v) is 4.50. The second kappa shape index (κ2) is 6.06. The predicted molar refractivity (Wildman–Crippen MR) is 80.4 cm³/mol. The molecular formula is C17H27NO. The third-order valence-electron chi connectivity index (χ3n) is 4.50. The van der Waals surface area contributed by atoms with Crippen LogP contribution in [0, 0.1) is 13.8 Å². The van der Waals surface area contributed by atoms with Crippen molar-refractivity contribution in [2.75, 3.05) is 6.61 Å². The van der Waals surface area contributed by atoms with Gasteiger partial charge >= 0.3 is 0 Å². The van der Waals surface area contributed by atoms with Crippen molar-refractivity contribution in [1.82, 2.24) is 0 Å². The lowest BCUT2D eigenvalue weighted by atomic mass is 9.86. The van der Waals surface area contributed by atoms with Crippen LogP contribution in [0.5, 0.6) is 0 Å². The summed E-state index contributed by atoms with van der Waals surface area (Å²) in [5.41, 5.74) is 10.5. The van der Waals surface area contributed by atoms with E-state index in [0.29, 0.717) is 0 Å². The lowest BCUT2D eigenvalue weighted by Gasteiger charge is -2.35. The van der Waals surface area contributed by atoms with Gasteiger partial charge in [0.1, 0.15) is 0 Å². The molecule has 2 rings (SSSR count). The van der Waals surface area contributed by atoms with Gasteiger partial charge in [-0.15, -0.1) is 0 Å². The summed E-state index contributed by atoms with van der Waals surface area (Å²) >= 11 is 0. The van der Waals surface area contributed by atoms with Crippen LogP contribution in [0.2, 0.25) is 0 Å². The van der Waals surface area contributed by atoms with Gasteiger partial charge in [0.2, 0.25) is 0 Å². The van der Waals surface area contributed by atoms with Crippen molar-refractivity contribution in [2.45, 2.75) is 64.5 Å². The molecule has 1 unspecified atom stereocenters. The molecule has 0 aromatic heterocycles. The molecule has 1 aromatic carbocycles. The maximum absolute atomic E-state index is 6.53. The largest absolute Gasteiger partial charge is 0.374 e. The maximum atomic E-state index is 6.53. The fraction of sp³-hybridized carbons (Fsp3) is 0.647. The average Bonchev–Trinajstić information content (AvgIpc) is 2.84. The van der Waals surface area contributed by atoms with Gasteiger partial charge in [-0.05, 0) is 51.2 Å². The molecule has 0 bridgehead atoms. The van der Waals surface area contributed by atoms with E-state index in [1.165, 1.54) is 29.5 Å². The van der Waals surface area contributed by atoms with Crippen LogP contribution in [0.4, 0.5) is 0 Å². The summed E-state index contributed by atoms with van der Waals surface area (Å²) in [6, 6.07) is 6.73. The predicted octanol–water partition coefficient (Wildman–Crippen LogP) is 3.52. The zero-order chi connectivity index (χ0) is 13.9. The summed E-state index contributed by atoms with van der Waals surface area (Å²) in [6.07, 6.45) is 5.66. The summed E-state index contributed by atoms with van der Waals surface area (Å²) < 4.78 is 6.07. The van der Waals surface area contributed by atoms with E-state index in [0.717, 1.165) is 25.9 Å². The van der Waals surface area contributed by atoms with Crippen LogP contribution in [-0.2, 0) is 11.2 Å². The first-order valence-corrected chi connectivity index (χ1v) is 7.53. The van der Waals surface area contributed by atoms with E-state index in [-0.39, 0.29) is 11.6 Å². The zero-order valence-electron chi connectivity index (χ0n) is 12.5. The van der Waals surface area contributed by atoms with Crippen molar-refractivity contribution in [1.29, 1.82) is 0 Å². The Kier molecular flexibility index (Phi) is 4.64. The first kappa shape index (κ1) is 14.5. The maximum Gasteiger partial charge on any atom is 0.0835 e. The topological polar surface area (TPSA) is 35.2 Å². The summed E-state index contributed by atoms with van der Waals surface area (Å²) in [4.78, 5) is 0. The molecule has 2 heteroatoms. The van der Waals surface area contributed by atoms with Crippen LogP contribution >= 0.6 is 0 Å². The van der Waals surface area contributed by atoms with Gasteiger partial charge in [-0.1, -0.05) is 36.6 Å². The van der Waals surface area contributed by atoms with Crippen molar-refractivity contribution in [3.05, 3.63) is 34.9 Å². The molecule has 0 aliphatic heterocycles. The minimum atomic E-state index is -0.0784. The molecule has 1 saturated carbocycles. The number of nitrogens with two attached hydrogens (primary N) is 1. The van der Waals surface area contributed by atoms with Gasteiger partial charge in [-0.3, -0.25) is 0 Å². The lowest BCUT2D eigenvalue weighted by molar-refractivity contribution is -0.0525. The monoisotopic (exact) mass is 261 g/mol. The highest BCUT2D eigenvalue weighted by Gasteiger charge is 2.40. The van der Waals surface area contributed by atoms with E-state index >= 15 is 0 Å². The molecule has 0 radical (unpaired) electrons. The number of benzene rings is 1. The second-order valence-electron chi connectivity index (χ2n) is 5.95. The van der Waals surface area contributed by atoms with Gasteiger partial charge in [0.05, 0.1) is 5.60 Å². The van der Waals surface area contributed by atoms with Crippen LogP contribution in [0.1, 0.15) is 49.3 Å². The summed E-state index contributed by atoms with van der Waals surface area (Å²) in [5, 5.41) is 0. The highest BCUT2D eigenvalue weighted by atomic mass is 16.5. The molecule has 1 aromatic rings. The van der Waals surface area contributed by atoms with Crippen LogP contribution < -0.4 is 5.73 Å². The van der Waals surface area contributed by atoms with E-state index in [1.54, 1.807) is 0 Å². The Hall–Kier alpha value is -0.860. The van der Waals surface area contributed by atoms with Crippen LogP contribution in [0.25, 0.3) is 0 Å². The number of aryl methyl sites for hydroxylation is 2. The Bertz CT molecular complexity index is 421. The van der Waals surface area contributed by atoms with Crippen LogP contribution in [-0.4, -0.2) is 18.2 Å². The molecule has 0 heterocycles. The molecule has 19 heavy (non-hydrogen) atoms. The zero-order valence-corrected chi connectivity index (χ0v) is 12.5. The molecule has 0 spiro atoms. The molecule has 1 fully saturated rings. The van der Waals surface area contributed by atoms with Crippen molar-refractivity contribution in [3.63, 3.8) is 0 Å². The third kappa shape index (κ3) is 3.18. The van der Waals surface area contributed by atoms with Crippen LogP contribution in [0.15, 0.2) is 18.2 Å². The molecule has 2 nitrogen and oxygen atoms in total. The molecule has 1 aliphatic carbocycles. The van der Waals surface area contributed by atoms with Crippen molar-refractivity contribution >= 4 is 0 Å². The highest BCUT2D eigenvalue weighted by Crippen LogP contribution is 2.36. The minimum Gasteiger partial charge on any atom is -0.374 e. The van der Waals surface area contributed by atoms with E-state index in [1.807, 2.05) is 0 Å². The van der Waals surface area contributed by atoms with Gasteiger partial charge in [0.25, 0.3) is 0 Å². The SMILES string of the molecule is CCOC1(C(N)Cc2cc(C)ccc2C)CCCC1. The van der Waals surface area contributed by atoms with Crippen molar-refractivity contribution in [2.24, 2.45) is 5.73 Å². The second-order valence-corrected chi connectivity index (χ2v) is 5.95. The van der Waals surface area contributed by atoms with Gasteiger partial charge in [0, 0.05) is 12.6 Å². The quantitative estimate of drug-likeness (QED) is 0.880. The van der Waals surface area contributed by atoms with Gasteiger partial charge in [-0.2, -0.15) is 0 Å². The smallest absolute Gasteiger partial charge is 0.0835 e. The van der Waals surface area contributed by atoms with Gasteiger partial charge < -0.3 is 10.5 Å². The Morgan fingerprint density at radius 3 is 2.58 bits per heavy atom. The van der Waals surface area contributed by atoms with E-state index < -0.39 is 0 Å². The number of hydrogen-bond acceptors (Lipinski definition) is 2. The first-order chi connectivity index (χ1) is 9.07. The summed E-state index contributed by atoms with van der Waals surface area (Å²) in [5.74, 6) is 0. The molecular weight excluding hydrogens is 234 g/mol. The summed E-state index contributed by atoms with van der Waals surface area (Å²) in [7, 11) is 0. The normalized spacial score (nSPS) is 19.6. The molecule has 0 amide bonds. The van der Waals surface area contributed by atoms with E-state index in [4.69, 9.17) is 10.5 Å². The highest BCUT2D eigenvalue weighted by molar-refractivity contribution is 5.31. The Balaban J connectivity index is 2.14. The minimum absolute atomic E-state index is 0.0784. The standard InChI is InChI=1S/C17H27NO/c1-4-19-17(9-5-6-10-17)16(18)12-15-11-13(2)7-8-14(15)3/h7-8,11,16H,4-6,9-10,12,18H2,1-3H3. The van der Waals surface area contributed by atoms with E-state index in [9.17, 15) is 0 Å². The van der Waals surface area contributed by atoms with Gasteiger partial charge in [-0.25, -0.2) is 0 Å². The van der Waals surface area contributed by atoms with Crippen molar-refractivity contribution < 1.29 is 4.74 Å². The molecule has 106 valence electrons. The average molecular weight is 261 g/mol. The van der Waals surface area contributed by atoms with Crippen LogP contribution in [0.3, 0.4) is 0 Å². The Labute approximate surface area is 117 Å². The number of ether oxygens (including phenoxy) is 1. The number of rotatable bonds is 5. The molecule has 1 atom stereocenters. The Morgan fingerprint density at radius 1 is 1.26 bits per heavy atom. The van der Waals surface area contributed by atoms with Crippen molar-refractivity contribution in [3.8, 4) is 0 Å². The fourth-order valence-corrected chi connectivity index (χ4v) is 3.33. The fourth-order valence-electron chi connectivity index (χ4n) is 3.33. The summed E-state index contributed by atoms with van der Waals surface area (Å²) in [6.45, 7) is 7.15. The van der Waals surface area contributed by atoms with E-state index in [2.05, 4.69) is 39.0 Å². The molecule has 1 aliphatic rings. The molecule has 0 saturated heterocycles. The molecule has 2 N–H and O–H groups in total. The lowest BCUT2D eigenvalue weighted by Crippen LogP contribution is -2.49.